The number of halogens is 1. The Balaban J connectivity index is 3.02. The number of nitrogens with two attached hydrogens (primary N) is 1. The molecule has 0 aliphatic carbocycles. The quantitative estimate of drug-likeness (QED) is 0.808. The normalized spacial score (nSPS) is 14.9. The second-order valence-corrected chi connectivity index (χ2v) is 3.63. The lowest BCUT2D eigenvalue weighted by atomic mass is 10.0. The molecule has 14 heavy (non-hydrogen) atoms. The van der Waals surface area contributed by atoms with E-state index in [-0.39, 0.29) is 0 Å². The molecule has 0 aliphatic heterocycles. The van der Waals surface area contributed by atoms with Gasteiger partial charge in [-0.15, -0.1) is 0 Å². The highest BCUT2D eigenvalue weighted by Crippen LogP contribution is 2.25. The van der Waals surface area contributed by atoms with Crippen molar-refractivity contribution < 1.29 is 9.84 Å². The predicted molar refractivity (Wildman–Crippen MR) is 56.6 cm³/mol. The summed E-state index contributed by atoms with van der Waals surface area (Å²) in [6, 6.07) is 4.74. The van der Waals surface area contributed by atoms with Gasteiger partial charge in [0.05, 0.1) is 19.3 Å². The highest BCUT2D eigenvalue weighted by Gasteiger charge is 2.13. The molecule has 0 fully saturated rings. The summed E-state index contributed by atoms with van der Waals surface area (Å²) in [7, 11) is 1.56. The first-order chi connectivity index (χ1) is 6.54. The van der Waals surface area contributed by atoms with E-state index in [4.69, 9.17) is 22.1 Å². The van der Waals surface area contributed by atoms with Crippen LogP contribution in [0.5, 0.6) is 5.75 Å². The Labute approximate surface area is 88.4 Å². The van der Waals surface area contributed by atoms with Gasteiger partial charge in [-0.05, 0) is 30.7 Å². The van der Waals surface area contributed by atoms with E-state index < -0.39 is 12.1 Å². The van der Waals surface area contributed by atoms with Gasteiger partial charge in [-0.3, -0.25) is 0 Å². The number of ether oxygens (including phenoxy) is 1. The second kappa shape index (κ2) is 4.64. The van der Waals surface area contributed by atoms with E-state index in [2.05, 4.69) is 0 Å². The Morgan fingerprint density at radius 2 is 2.07 bits per heavy atom. The second-order valence-electron chi connectivity index (χ2n) is 3.19. The van der Waals surface area contributed by atoms with Crippen molar-refractivity contribution in [2.75, 3.05) is 7.11 Å². The van der Waals surface area contributed by atoms with Crippen LogP contribution in [0.25, 0.3) is 0 Å². The molecule has 0 saturated heterocycles. The maximum Gasteiger partial charge on any atom is 0.120 e. The van der Waals surface area contributed by atoms with Crippen molar-refractivity contribution in [3.8, 4) is 5.75 Å². The van der Waals surface area contributed by atoms with E-state index in [1.807, 2.05) is 0 Å². The first kappa shape index (κ1) is 11.3. The molecule has 1 aromatic rings. The van der Waals surface area contributed by atoms with Crippen molar-refractivity contribution in [2.45, 2.75) is 19.1 Å². The van der Waals surface area contributed by atoms with Crippen molar-refractivity contribution in [1.82, 2.24) is 0 Å². The van der Waals surface area contributed by atoms with E-state index >= 15 is 0 Å². The molecule has 0 bridgehead atoms. The third kappa shape index (κ3) is 2.61. The van der Waals surface area contributed by atoms with Crippen LogP contribution in [0.1, 0.15) is 18.5 Å². The van der Waals surface area contributed by atoms with Gasteiger partial charge < -0.3 is 15.6 Å². The molecule has 0 saturated carbocycles. The Bertz CT molecular complexity index is 315. The molecule has 4 heteroatoms. The fraction of sp³-hybridized carbons (Fsp3) is 0.400. The number of aliphatic hydroxyl groups is 1. The minimum absolute atomic E-state index is 0.442. The summed E-state index contributed by atoms with van der Waals surface area (Å²) >= 11 is 5.86. The minimum atomic E-state index is -0.613. The van der Waals surface area contributed by atoms with Crippen molar-refractivity contribution in [3.05, 3.63) is 28.8 Å². The van der Waals surface area contributed by atoms with Crippen LogP contribution in [0.4, 0.5) is 0 Å². The number of aliphatic hydroxyl groups excluding tert-OH is 1. The lowest BCUT2D eigenvalue weighted by Gasteiger charge is -2.16. The third-order valence-electron chi connectivity index (χ3n) is 2.03. The summed E-state index contributed by atoms with van der Waals surface area (Å²) in [4.78, 5) is 0. The number of hydrogen-bond donors (Lipinski definition) is 2. The van der Waals surface area contributed by atoms with E-state index in [0.29, 0.717) is 10.8 Å². The largest absolute Gasteiger partial charge is 0.497 e. The Morgan fingerprint density at radius 3 is 2.57 bits per heavy atom. The van der Waals surface area contributed by atoms with Gasteiger partial charge in [0, 0.05) is 5.02 Å². The summed E-state index contributed by atoms with van der Waals surface area (Å²) < 4.78 is 5.04. The number of methoxy groups -OCH3 is 1. The summed E-state index contributed by atoms with van der Waals surface area (Å²) in [6.07, 6.45) is -0.613. The van der Waals surface area contributed by atoms with Crippen LogP contribution >= 0.6 is 11.6 Å². The Morgan fingerprint density at radius 1 is 1.43 bits per heavy atom. The SMILES string of the molecule is COc1cc(Cl)cc([C@H](N)[C@H](C)O)c1. The first-order valence-corrected chi connectivity index (χ1v) is 4.70. The van der Waals surface area contributed by atoms with Crippen molar-refractivity contribution in [3.63, 3.8) is 0 Å². The van der Waals surface area contributed by atoms with Gasteiger partial charge >= 0.3 is 0 Å². The molecule has 0 unspecified atom stereocenters. The molecule has 1 rings (SSSR count). The fourth-order valence-electron chi connectivity index (χ4n) is 1.17. The lowest BCUT2D eigenvalue weighted by molar-refractivity contribution is 0.164. The van der Waals surface area contributed by atoms with E-state index in [1.165, 1.54) is 0 Å². The molecule has 3 nitrogen and oxygen atoms in total. The van der Waals surface area contributed by atoms with Gasteiger partial charge in [-0.25, -0.2) is 0 Å². The zero-order chi connectivity index (χ0) is 10.7. The van der Waals surface area contributed by atoms with Gasteiger partial charge in [0.25, 0.3) is 0 Å². The lowest BCUT2D eigenvalue weighted by Crippen LogP contribution is -2.23. The van der Waals surface area contributed by atoms with Crippen LogP contribution in [-0.2, 0) is 0 Å². The summed E-state index contributed by atoms with van der Waals surface area (Å²) in [5.41, 5.74) is 6.53. The zero-order valence-electron chi connectivity index (χ0n) is 8.20. The van der Waals surface area contributed by atoms with Crippen LogP contribution in [0.15, 0.2) is 18.2 Å². The van der Waals surface area contributed by atoms with Gasteiger partial charge in [0.2, 0.25) is 0 Å². The molecule has 0 spiro atoms. The monoisotopic (exact) mass is 215 g/mol. The third-order valence-corrected chi connectivity index (χ3v) is 2.25. The predicted octanol–water partition coefficient (Wildman–Crippen LogP) is 1.73. The zero-order valence-corrected chi connectivity index (χ0v) is 8.95. The smallest absolute Gasteiger partial charge is 0.120 e. The van der Waals surface area contributed by atoms with Gasteiger partial charge in [0.1, 0.15) is 5.75 Å². The van der Waals surface area contributed by atoms with Crippen molar-refractivity contribution in [1.29, 1.82) is 0 Å². The Hall–Kier alpha value is -0.770. The first-order valence-electron chi connectivity index (χ1n) is 4.32. The Kier molecular flexibility index (Phi) is 3.75. The number of rotatable bonds is 3. The topological polar surface area (TPSA) is 55.5 Å². The van der Waals surface area contributed by atoms with E-state index in [0.717, 1.165) is 5.56 Å². The van der Waals surface area contributed by atoms with Crippen LogP contribution in [0.2, 0.25) is 5.02 Å². The summed E-state index contributed by atoms with van der Waals surface area (Å²) in [5, 5.41) is 9.87. The fourth-order valence-corrected chi connectivity index (χ4v) is 1.41. The molecule has 3 N–H and O–H groups in total. The number of hydrogen-bond acceptors (Lipinski definition) is 3. The molecule has 0 radical (unpaired) electrons. The minimum Gasteiger partial charge on any atom is -0.497 e. The standard InChI is InChI=1S/C10H14ClNO2/c1-6(13)10(12)7-3-8(11)5-9(4-7)14-2/h3-6,10,13H,12H2,1-2H3/t6-,10+/m0/s1. The van der Waals surface area contributed by atoms with Gasteiger partial charge in [-0.1, -0.05) is 11.6 Å². The van der Waals surface area contributed by atoms with E-state index in [1.54, 1.807) is 32.2 Å². The molecule has 2 atom stereocenters. The highest BCUT2D eigenvalue weighted by molar-refractivity contribution is 6.30. The van der Waals surface area contributed by atoms with E-state index in [9.17, 15) is 5.11 Å². The summed E-state index contributed by atoms with van der Waals surface area (Å²) in [6.45, 7) is 1.64. The van der Waals surface area contributed by atoms with Crippen LogP contribution in [-0.4, -0.2) is 18.3 Å². The molecular formula is C10H14ClNO2. The molecular weight excluding hydrogens is 202 g/mol. The number of benzene rings is 1. The average molecular weight is 216 g/mol. The molecule has 0 aliphatic rings. The van der Waals surface area contributed by atoms with Crippen molar-refractivity contribution >= 4 is 11.6 Å². The summed E-state index contributed by atoms with van der Waals surface area (Å²) in [5.74, 6) is 0.642. The van der Waals surface area contributed by atoms with Crippen LogP contribution in [0.3, 0.4) is 0 Å². The highest BCUT2D eigenvalue weighted by atomic mass is 35.5. The average Bonchev–Trinajstić information content (AvgIpc) is 2.15. The van der Waals surface area contributed by atoms with Crippen molar-refractivity contribution in [2.24, 2.45) is 5.73 Å². The maximum absolute atomic E-state index is 9.32. The van der Waals surface area contributed by atoms with Gasteiger partial charge in [0.15, 0.2) is 0 Å². The van der Waals surface area contributed by atoms with Gasteiger partial charge in [-0.2, -0.15) is 0 Å². The molecule has 78 valence electrons. The molecule has 0 aromatic heterocycles. The maximum atomic E-state index is 9.32. The molecule has 0 heterocycles. The van der Waals surface area contributed by atoms with Crippen LogP contribution in [0, 0.1) is 0 Å². The van der Waals surface area contributed by atoms with Crippen LogP contribution < -0.4 is 10.5 Å². The molecule has 0 amide bonds. The molecule has 1 aromatic carbocycles.